The van der Waals surface area contributed by atoms with Crippen molar-refractivity contribution >= 4 is 37.9 Å². The molecule has 0 aliphatic rings. The zero-order chi connectivity index (χ0) is 15.1. The molecule has 3 aromatic rings. The van der Waals surface area contributed by atoms with Crippen LogP contribution in [0.3, 0.4) is 0 Å². The molecule has 3 nitrogen and oxygen atoms in total. The number of fused-ring (bicyclic) bond motifs is 1. The molecule has 0 bridgehead atoms. The zero-order valence-corrected chi connectivity index (χ0v) is 15.0. The summed E-state index contributed by atoms with van der Waals surface area (Å²) in [5, 5.41) is 3.58. The van der Waals surface area contributed by atoms with Gasteiger partial charge in [0.15, 0.2) is 4.96 Å². The lowest BCUT2D eigenvalue weighted by molar-refractivity contribution is 0.986. The first-order valence-electron chi connectivity index (χ1n) is 6.90. The minimum Gasteiger partial charge on any atom is -0.379 e. The summed E-state index contributed by atoms with van der Waals surface area (Å²) < 4.78 is 3.32. The third-order valence-electron chi connectivity index (χ3n) is 3.67. The first kappa shape index (κ1) is 14.6. The van der Waals surface area contributed by atoms with E-state index in [2.05, 4.69) is 76.7 Å². The Labute approximate surface area is 137 Å². The van der Waals surface area contributed by atoms with Crippen LogP contribution in [0.25, 0.3) is 4.96 Å². The van der Waals surface area contributed by atoms with Crippen molar-refractivity contribution in [1.29, 1.82) is 0 Å². The molecule has 0 aliphatic heterocycles. The fourth-order valence-electron chi connectivity index (χ4n) is 2.68. The van der Waals surface area contributed by atoms with Crippen LogP contribution in [0.5, 0.6) is 0 Å². The number of aryl methyl sites for hydroxylation is 4. The SMILES string of the molecule is Cc1cn2c(CNc3c(C)cc(Br)cc3C)c(C)nc2s1. The van der Waals surface area contributed by atoms with E-state index in [1.54, 1.807) is 11.3 Å². The Morgan fingerprint density at radius 2 is 1.86 bits per heavy atom. The number of imidazole rings is 1. The van der Waals surface area contributed by atoms with E-state index in [1.807, 2.05) is 0 Å². The molecule has 0 aliphatic carbocycles. The van der Waals surface area contributed by atoms with Crippen LogP contribution in [0.2, 0.25) is 0 Å². The first-order valence-corrected chi connectivity index (χ1v) is 8.51. The average Bonchev–Trinajstić information content (AvgIpc) is 2.84. The van der Waals surface area contributed by atoms with Gasteiger partial charge in [0.25, 0.3) is 0 Å². The fraction of sp³-hybridized carbons (Fsp3) is 0.312. The van der Waals surface area contributed by atoms with Gasteiger partial charge in [-0.05, 0) is 51.0 Å². The van der Waals surface area contributed by atoms with Gasteiger partial charge in [0.2, 0.25) is 0 Å². The van der Waals surface area contributed by atoms with Crippen LogP contribution in [0, 0.1) is 27.7 Å². The van der Waals surface area contributed by atoms with E-state index >= 15 is 0 Å². The number of anilines is 1. The van der Waals surface area contributed by atoms with E-state index in [0.29, 0.717) is 0 Å². The number of aromatic nitrogens is 2. The molecule has 0 atom stereocenters. The summed E-state index contributed by atoms with van der Waals surface area (Å²) >= 11 is 5.28. The molecule has 2 aromatic heterocycles. The van der Waals surface area contributed by atoms with E-state index in [-0.39, 0.29) is 0 Å². The molecule has 0 fully saturated rings. The third kappa shape index (κ3) is 2.72. The van der Waals surface area contributed by atoms with E-state index in [9.17, 15) is 0 Å². The number of thiazole rings is 1. The first-order chi connectivity index (χ1) is 9.95. The van der Waals surface area contributed by atoms with Crippen molar-refractivity contribution in [3.63, 3.8) is 0 Å². The molecular formula is C16H18BrN3S. The quantitative estimate of drug-likeness (QED) is 0.708. The van der Waals surface area contributed by atoms with Gasteiger partial charge in [0.05, 0.1) is 17.9 Å². The van der Waals surface area contributed by atoms with Gasteiger partial charge >= 0.3 is 0 Å². The second-order valence-corrected chi connectivity index (χ2v) is 7.54. The van der Waals surface area contributed by atoms with Gasteiger partial charge in [-0.15, -0.1) is 11.3 Å². The maximum Gasteiger partial charge on any atom is 0.194 e. The van der Waals surface area contributed by atoms with Crippen LogP contribution in [0.15, 0.2) is 22.8 Å². The van der Waals surface area contributed by atoms with Gasteiger partial charge in [0, 0.05) is 21.2 Å². The number of benzene rings is 1. The van der Waals surface area contributed by atoms with Gasteiger partial charge in [-0.1, -0.05) is 15.9 Å². The topological polar surface area (TPSA) is 29.3 Å². The van der Waals surface area contributed by atoms with E-state index in [0.717, 1.165) is 21.7 Å². The van der Waals surface area contributed by atoms with Crippen LogP contribution in [-0.2, 0) is 6.54 Å². The number of rotatable bonds is 3. The van der Waals surface area contributed by atoms with Crippen molar-refractivity contribution in [2.24, 2.45) is 0 Å². The Bertz CT molecular complexity index is 793. The summed E-state index contributed by atoms with van der Waals surface area (Å²) in [7, 11) is 0. The summed E-state index contributed by atoms with van der Waals surface area (Å²) in [6.07, 6.45) is 2.16. The molecule has 0 unspecified atom stereocenters. The van der Waals surface area contributed by atoms with Crippen molar-refractivity contribution < 1.29 is 0 Å². The highest BCUT2D eigenvalue weighted by Crippen LogP contribution is 2.27. The smallest absolute Gasteiger partial charge is 0.194 e. The summed E-state index contributed by atoms with van der Waals surface area (Å²) in [4.78, 5) is 7.00. The molecule has 0 amide bonds. The minimum absolute atomic E-state index is 0.784. The molecule has 110 valence electrons. The summed E-state index contributed by atoms with van der Waals surface area (Å²) in [6.45, 7) is 9.25. The highest BCUT2D eigenvalue weighted by Gasteiger charge is 2.12. The van der Waals surface area contributed by atoms with Crippen molar-refractivity contribution in [2.45, 2.75) is 34.2 Å². The van der Waals surface area contributed by atoms with Crippen molar-refractivity contribution in [2.75, 3.05) is 5.32 Å². The highest BCUT2D eigenvalue weighted by atomic mass is 79.9. The van der Waals surface area contributed by atoms with E-state index in [1.165, 1.54) is 27.4 Å². The van der Waals surface area contributed by atoms with Gasteiger partial charge in [0.1, 0.15) is 0 Å². The number of hydrogen-bond acceptors (Lipinski definition) is 3. The molecule has 0 saturated heterocycles. The average molecular weight is 364 g/mol. The van der Waals surface area contributed by atoms with Gasteiger partial charge in [-0.3, -0.25) is 4.40 Å². The number of nitrogens with zero attached hydrogens (tertiary/aromatic N) is 2. The zero-order valence-electron chi connectivity index (χ0n) is 12.6. The fourth-order valence-corrected chi connectivity index (χ4v) is 4.26. The molecule has 1 aromatic carbocycles. The Morgan fingerprint density at radius 1 is 1.19 bits per heavy atom. The normalized spacial score (nSPS) is 11.3. The molecule has 21 heavy (non-hydrogen) atoms. The third-order valence-corrected chi connectivity index (χ3v) is 5.03. The second-order valence-electron chi connectivity index (χ2n) is 5.41. The Kier molecular flexibility index (Phi) is 3.80. The van der Waals surface area contributed by atoms with Crippen LogP contribution in [-0.4, -0.2) is 9.38 Å². The van der Waals surface area contributed by atoms with Gasteiger partial charge < -0.3 is 5.32 Å². The maximum absolute atomic E-state index is 4.64. The predicted molar refractivity (Wildman–Crippen MR) is 93.5 cm³/mol. The van der Waals surface area contributed by atoms with Crippen LogP contribution in [0.1, 0.15) is 27.4 Å². The summed E-state index contributed by atoms with van der Waals surface area (Å²) in [6, 6.07) is 4.28. The minimum atomic E-state index is 0.784. The Balaban J connectivity index is 1.92. The predicted octanol–water partition coefficient (Wildman–Crippen LogP) is 5.00. The van der Waals surface area contributed by atoms with Crippen LogP contribution >= 0.6 is 27.3 Å². The van der Waals surface area contributed by atoms with Gasteiger partial charge in [-0.25, -0.2) is 4.98 Å². The molecule has 0 spiro atoms. The molecule has 2 heterocycles. The highest BCUT2D eigenvalue weighted by molar-refractivity contribution is 9.10. The summed E-state index contributed by atoms with van der Waals surface area (Å²) in [5.41, 5.74) is 6.04. The van der Waals surface area contributed by atoms with E-state index < -0.39 is 0 Å². The summed E-state index contributed by atoms with van der Waals surface area (Å²) in [5.74, 6) is 0. The molecule has 0 saturated carbocycles. The van der Waals surface area contributed by atoms with Crippen LogP contribution < -0.4 is 5.32 Å². The van der Waals surface area contributed by atoms with E-state index in [4.69, 9.17) is 0 Å². The lowest BCUT2D eigenvalue weighted by Gasteiger charge is -2.13. The molecular weight excluding hydrogens is 346 g/mol. The largest absolute Gasteiger partial charge is 0.379 e. The monoisotopic (exact) mass is 363 g/mol. The Morgan fingerprint density at radius 3 is 2.52 bits per heavy atom. The Hall–Kier alpha value is -1.33. The van der Waals surface area contributed by atoms with Gasteiger partial charge in [-0.2, -0.15) is 0 Å². The van der Waals surface area contributed by atoms with Crippen LogP contribution in [0.4, 0.5) is 5.69 Å². The van der Waals surface area contributed by atoms with Crippen molar-refractivity contribution in [1.82, 2.24) is 9.38 Å². The molecule has 5 heteroatoms. The number of hydrogen-bond donors (Lipinski definition) is 1. The van der Waals surface area contributed by atoms with Crippen molar-refractivity contribution in [3.05, 3.63) is 50.2 Å². The lowest BCUT2D eigenvalue weighted by Crippen LogP contribution is -2.06. The van der Waals surface area contributed by atoms with Crippen molar-refractivity contribution in [3.8, 4) is 0 Å². The molecule has 3 rings (SSSR count). The number of nitrogens with one attached hydrogen (secondary N) is 1. The maximum atomic E-state index is 4.64. The standard InChI is InChI=1S/C16H18BrN3S/c1-9-5-13(17)6-10(2)15(9)18-7-14-12(4)19-16-20(14)8-11(3)21-16/h5-6,8,18H,7H2,1-4H3. The molecule has 0 radical (unpaired) electrons. The lowest BCUT2D eigenvalue weighted by atomic mass is 10.1. The second kappa shape index (κ2) is 5.46. The molecule has 1 N–H and O–H groups in total. The number of halogens is 1.